The Morgan fingerprint density at radius 2 is 2.00 bits per heavy atom. The van der Waals surface area contributed by atoms with E-state index in [-0.39, 0.29) is 25.0 Å². The zero-order valence-electron chi connectivity index (χ0n) is 18.4. The topological polar surface area (TPSA) is 69.3 Å². The molecule has 6 rings (SSSR count). The number of benzene rings is 2. The maximum atomic E-state index is 12.7. The minimum atomic E-state index is -0.330. The molecule has 32 heavy (non-hydrogen) atoms. The highest BCUT2D eigenvalue weighted by atomic mass is 16.7. The molecule has 170 valence electrons. The van der Waals surface area contributed by atoms with Gasteiger partial charge in [-0.05, 0) is 49.5 Å². The molecule has 4 aliphatic heterocycles. The van der Waals surface area contributed by atoms with Gasteiger partial charge in [0.1, 0.15) is 17.6 Å². The Bertz CT molecular complexity index is 957. The highest BCUT2D eigenvalue weighted by molar-refractivity contribution is 5.73. The number of nitrogens with one attached hydrogen (secondary N) is 1. The van der Waals surface area contributed by atoms with Crippen molar-refractivity contribution in [2.24, 2.45) is 5.92 Å². The van der Waals surface area contributed by atoms with Crippen LogP contribution in [-0.4, -0.2) is 57.2 Å². The Morgan fingerprint density at radius 3 is 2.78 bits per heavy atom. The van der Waals surface area contributed by atoms with Gasteiger partial charge in [0.15, 0.2) is 6.79 Å². The summed E-state index contributed by atoms with van der Waals surface area (Å²) < 4.78 is 22.5. The summed E-state index contributed by atoms with van der Waals surface area (Å²) in [6.45, 7) is 3.84. The van der Waals surface area contributed by atoms with Gasteiger partial charge in [0.25, 0.3) is 0 Å². The summed E-state index contributed by atoms with van der Waals surface area (Å²) in [4.78, 5) is 15.1. The number of carbonyl (C=O) groups excluding carboxylic acids is 1. The Hall–Kier alpha value is -2.77. The average molecular weight is 439 g/mol. The molecular formula is C25H30N2O5. The lowest BCUT2D eigenvalue weighted by atomic mass is 9.86. The fraction of sp³-hybridized carbons (Fsp3) is 0.480. The molecule has 0 aliphatic carbocycles. The maximum absolute atomic E-state index is 12.7. The minimum Gasteiger partial charge on any atom is -0.493 e. The van der Waals surface area contributed by atoms with Crippen molar-refractivity contribution in [2.45, 2.75) is 31.4 Å². The van der Waals surface area contributed by atoms with Crippen molar-refractivity contribution in [2.75, 3.05) is 40.1 Å². The smallest absolute Gasteiger partial charge is 0.407 e. The van der Waals surface area contributed by atoms with E-state index in [2.05, 4.69) is 10.2 Å². The normalized spacial score (nSPS) is 26.0. The van der Waals surface area contributed by atoms with Gasteiger partial charge < -0.3 is 24.3 Å². The molecule has 2 aromatic rings. The number of amides is 1. The first-order chi connectivity index (χ1) is 15.7. The summed E-state index contributed by atoms with van der Waals surface area (Å²) in [5.41, 5.74) is 2.93. The molecule has 1 unspecified atom stereocenters. The van der Waals surface area contributed by atoms with Crippen LogP contribution in [-0.2, 0) is 9.47 Å². The summed E-state index contributed by atoms with van der Waals surface area (Å²) >= 11 is 0. The molecule has 1 amide bonds. The highest BCUT2D eigenvalue weighted by Gasteiger charge is 2.37. The van der Waals surface area contributed by atoms with E-state index in [4.69, 9.17) is 18.9 Å². The minimum absolute atomic E-state index is 0.00258. The van der Waals surface area contributed by atoms with Crippen LogP contribution in [0.1, 0.15) is 30.9 Å². The number of nitrogens with zero attached hydrogens (tertiary/aromatic N) is 1. The van der Waals surface area contributed by atoms with Crippen LogP contribution in [0.2, 0.25) is 0 Å². The third-order valence-corrected chi connectivity index (χ3v) is 6.73. The SMILES string of the molecule is COCOc1ccccc1-c1ccc2c(c1)OCCC2NC(=O)O[C@@H]1CN2CCC1CC2. The van der Waals surface area contributed by atoms with Crippen LogP contribution >= 0.6 is 0 Å². The number of carbonyl (C=O) groups is 1. The molecule has 4 aliphatic rings. The van der Waals surface area contributed by atoms with Gasteiger partial charge in [-0.1, -0.05) is 30.3 Å². The lowest BCUT2D eigenvalue weighted by molar-refractivity contribution is -0.0342. The summed E-state index contributed by atoms with van der Waals surface area (Å²) in [7, 11) is 1.60. The number of ether oxygens (including phenoxy) is 4. The van der Waals surface area contributed by atoms with E-state index in [1.54, 1.807) is 7.11 Å². The van der Waals surface area contributed by atoms with E-state index in [9.17, 15) is 4.79 Å². The molecule has 2 aromatic carbocycles. The molecule has 1 N–H and O–H groups in total. The fourth-order valence-corrected chi connectivity index (χ4v) is 5.02. The summed E-state index contributed by atoms with van der Waals surface area (Å²) in [5, 5.41) is 3.08. The van der Waals surface area contributed by atoms with Crippen LogP contribution in [0, 0.1) is 5.92 Å². The van der Waals surface area contributed by atoms with Crippen molar-refractivity contribution in [3.63, 3.8) is 0 Å². The van der Waals surface area contributed by atoms with Gasteiger partial charge in [-0.25, -0.2) is 4.79 Å². The second-order valence-corrected chi connectivity index (χ2v) is 8.72. The van der Waals surface area contributed by atoms with Gasteiger partial charge in [-0.3, -0.25) is 4.90 Å². The molecule has 2 atom stereocenters. The number of fused-ring (bicyclic) bond motifs is 4. The largest absolute Gasteiger partial charge is 0.493 e. The molecule has 3 fully saturated rings. The number of piperidine rings is 3. The van der Waals surface area contributed by atoms with Gasteiger partial charge in [0, 0.05) is 31.2 Å². The Kier molecular flexibility index (Phi) is 6.19. The zero-order valence-corrected chi connectivity index (χ0v) is 18.4. The van der Waals surface area contributed by atoms with E-state index in [1.807, 2.05) is 42.5 Å². The number of para-hydroxylation sites is 1. The summed E-state index contributed by atoms with van der Waals surface area (Å²) in [5.74, 6) is 2.03. The third kappa shape index (κ3) is 4.40. The molecule has 0 aromatic heterocycles. The van der Waals surface area contributed by atoms with E-state index in [1.165, 1.54) is 0 Å². The van der Waals surface area contributed by atoms with Crippen LogP contribution in [0.25, 0.3) is 11.1 Å². The van der Waals surface area contributed by atoms with Gasteiger partial charge in [-0.2, -0.15) is 0 Å². The average Bonchev–Trinajstić information content (AvgIpc) is 2.83. The number of rotatable bonds is 6. The number of hydrogen-bond donors (Lipinski definition) is 1. The molecule has 0 radical (unpaired) electrons. The van der Waals surface area contributed by atoms with Gasteiger partial charge >= 0.3 is 6.09 Å². The standard InChI is InChI=1S/C25H30N2O5/c1-29-16-31-22-5-3-2-4-19(22)18-6-7-20-21(10-13-30-23(20)14-18)26-25(28)32-24-15-27-11-8-17(24)9-12-27/h2-7,14,17,21,24H,8-13,15-16H2,1H3,(H,26,28)/t21?,24-/m1/s1. The summed E-state index contributed by atoms with van der Waals surface area (Å²) in [6, 6.07) is 13.8. The van der Waals surface area contributed by atoms with E-state index < -0.39 is 0 Å². The Balaban J connectivity index is 1.29. The Morgan fingerprint density at radius 1 is 1.16 bits per heavy atom. The molecule has 7 heteroatoms. The van der Waals surface area contributed by atoms with Crippen LogP contribution < -0.4 is 14.8 Å². The van der Waals surface area contributed by atoms with Crippen molar-refractivity contribution in [3.05, 3.63) is 48.0 Å². The van der Waals surface area contributed by atoms with E-state index in [0.29, 0.717) is 12.5 Å². The first-order valence-corrected chi connectivity index (χ1v) is 11.4. The first-order valence-electron chi connectivity index (χ1n) is 11.4. The highest BCUT2D eigenvalue weighted by Crippen LogP contribution is 2.38. The van der Waals surface area contributed by atoms with Crippen LogP contribution in [0.5, 0.6) is 11.5 Å². The predicted molar refractivity (Wildman–Crippen MR) is 120 cm³/mol. The first kappa shape index (κ1) is 21.1. The zero-order chi connectivity index (χ0) is 21.9. The lowest BCUT2D eigenvalue weighted by Gasteiger charge is -2.44. The maximum Gasteiger partial charge on any atom is 0.407 e. The summed E-state index contributed by atoms with van der Waals surface area (Å²) in [6.07, 6.45) is 2.63. The van der Waals surface area contributed by atoms with Crippen LogP contribution in [0.3, 0.4) is 0 Å². The molecular weight excluding hydrogens is 408 g/mol. The van der Waals surface area contributed by atoms with Gasteiger partial charge in [0.05, 0.1) is 12.6 Å². The number of hydrogen-bond acceptors (Lipinski definition) is 6. The van der Waals surface area contributed by atoms with Crippen molar-refractivity contribution in [1.29, 1.82) is 0 Å². The van der Waals surface area contributed by atoms with Crippen LogP contribution in [0.15, 0.2) is 42.5 Å². The molecule has 2 bridgehead atoms. The second kappa shape index (κ2) is 9.38. The third-order valence-electron chi connectivity index (χ3n) is 6.73. The fourth-order valence-electron chi connectivity index (χ4n) is 5.02. The second-order valence-electron chi connectivity index (χ2n) is 8.72. The molecule has 0 saturated carbocycles. The van der Waals surface area contributed by atoms with Crippen molar-refractivity contribution >= 4 is 6.09 Å². The van der Waals surface area contributed by atoms with Crippen LogP contribution in [0.4, 0.5) is 4.79 Å². The van der Waals surface area contributed by atoms with Crippen molar-refractivity contribution in [1.82, 2.24) is 10.2 Å². The quantitative estimate of drug-likeness (QED) is 0.688. The number of methoxy groups -OCH3 is 1. The van der Waals surface area contributed by atoms with Crippen molar-refractivity contribution in [3.8, 4) is 22.6 Å². The van der Waals surface area contributed by atoms with E-state index >= 15 is 0 Å². The monoisotopic (exact) mass is 438 g/mol. The molecule has 7 nitrogen and oxygen atoms in total. The number of alkyl carbamates (subject to hydrolysis) is 1. The molecule has 0 spiro atoms. The molecule has 3 saturated heterocycles. The van der Waals surface area contributed by atoms with Gasteiger partial charge in [0.2, 0.25) is 0 Å². The van der Waals surface area contributed by atoms with E-state index in [0.717, 1.165) is 67.1 Å². The van der Waals surface area contributed by atoms with Crippen molar-refractivity contribution < 1.29 is 23.7 Å². The van der Waals surface area contributed by atoms with Gasteiger partial charge in [-0.15, -0.1) is 0 Å². The Labute approximate surface area is 188 Å². The lowest BCUT2D eigenvalue weighted by Crippen LogP contribution is -2.52. The predicted octanol–water partition coefficient (Wildman–Crippen LogP) is 3.98. The molecule has 4 heterocycles.